The predicted octanol–water partition coefficient (Wildman–Crippen LogP) is 5.06. The maximum atomic E-state index is 11.6. The van der Waals surface area contributed by atoms with E-state index < -0.39 is 0 Å². The fraction of sp³-hybridized carbons (Fsp3) is 0.316. The van der Waals surface area contributed by atoms with Crippen molar-refractivity contribution in [3.8, 4) is 11.5 Å². The Morgan fingerprint density at radius 2 is 1.96 bits per heavy atom. The molecule has 4 heteroatoms. The normalized spacial score (nSPS) is 10.4. The summed E-state index contributed by atoms with van der Waals surface area (Å²) in [5.74, 6) is 1.16. The van der Waals surface area contributed by atoms with E-state index in [0.29, 0.717) is 18.8 Å². The summed E-state index contributed by atoms with van der Waals surface area (Å²) in [7, 11) is 0. The molecular formula is C19H21IO3. The van der Waals surface area contributed by atoms with Crippen LogP contribution >= 0.6 is 22.6 Å². The first-order chi connectivity index (χ1) is 11.0. The fourth-order valence-electron chi connectivity index (χ4n) is 2.28. The number of halogens is 1. The van der Waals surface area contributed by atoms with Crippen molar-refractivity contribution in [3.63, 3.8) is 0 Å². The Bertz CT molecular complexity index is 695. The van der Waals surface area contributed by atoms with Crippen LogP contribution in [0.1, 0.15) is 37.0 Å². The molecule has 0 unspecified atom stereocenters. The van der Waals surface area contributed by atoms with Gasteiger partial charge < -0.3 is 9.47 Å². The Morgan fingerprint density at radius 3 is 2.61 bits per heavy atom. The highest BCUT2D eigenvalue weighted by atomic mass is 127. The summed E-state index contributed by atoms with van der Waals surface area (Å²) in [6.07, 6.45) is 1.36. The van der Waals surface area contributed by atoms with Crippen LogP contribution in [0.25, 0.3) is 0 Å². The summed E-state index contributed by atoms with van der Waals surface area (Å²) in [5, 5.41) is 0. The van der Waals surface area contributed by atoms with Crippen molar-refractivity contribution < 1.29 is 14.3 Å². The molecule has 0 aliphatic rings. The van der Waals surface area contributed by atoms with Crippen molar-refractivity contribution in [3.05, 3.63) is 56.7 Å². The maximum Gasteiger partial charge on any atom is 0.310 e. The van der Waals surface area contributed by atoms with Crippen molar-refractivity contribution in [1.29, 1.82) is 0 Å². The first-order valence-electron chi connectivity index (χ1n) is 7.75. The van der Waals surface area contributed by atoms with Crippen molar-refractivity contribution in [2.24, 2.45) is 0 Å². The average molecular weight is 424 g/mol. The van der Waals surface area contributed by atoms with E-state index in [-0.39, 0.29) is 5.97 Å². The Hall–Kier alpha value is -1.56. The zero-order valence-electron chi connectivity index (χ0n) is 13.7. The van der Waals surface area contributed by atoms with Crippen LogP contribution in [0.2, 0.25) is 0 Å². The fourth-order valence-corrected chi connectivity index (χ4v) is 2.91. The van der Waals surface area contributed by atoms with Gasteiger partial charge in [-0.05, 0) is 71.3 Å². The largest absolute Gasteiger partial charge is 0.489 e. The maximum absolute atomic E-state index is 11.6. The summed E-state index contributed by atoms with van der Waals surface area (Å²) in [4.78, 5) is 11.6. The van der Waals surface area contributed by atoms with Crippen LogP contribution in [-0.4, -0.2) is 5.97 Å². The summed E-state index contributed by atoms with van der Waals surface area (Å²) >= 11 is 2.23. The van der Waals surface area contributed by atoms with Gasteiger partial charge in [-0.25, -0.2) is 0 Å². The molecule has 3 nitrogen and oxygen atoms in total. The van der Waals surface area contributed by atoms with Gasteiger partial charge in [0.2, 0.25) is 0 Å². The minimum atomic E-state index is -0.239. The van der Waals surface area contributed by atoms with Crippen LogP contribution in [0.5, 0.6) is 11.5 Å². The van der Waals surface area contributed by atoms with Gasteiger partial charge in [0.05, 0.1) is 0 Å². The highest BCUT2D eigenvalue weighted by Crippen LogP contribution is 2.27. The molecule has 23 heavy (non-hydrogen) atoms. The van der Waals surface area contributed by atoms with Crippen LogP contribution in [0.15, 0.2) is 36.4 Å². The molecule has 0 spiro atoms. The Labute approximate surface area is 151 Å². The molecule has 2 aromatic rings. The summed E-state index contributed by atoms with van der Waals surface area (Å²) in [6, 6.07) is 11.8. The lowest BCUT2D eigenvalue weighted by molar-refractivity contribution is -0.134. The van der Waals surface area contributed by atoms with Gasteiger partial charge in [-0.1, -0.05) is 26.0 Å². The second-order valence-electron chi connectivity index (χ2n) is 5.27. The number of rotatable bonds is 6. The molecule has 0 saturated heterocycles. The van der Waals surface area contributed by atoms with Gasteiger partial charge in [-0.3, -0.25) is 4.79 Å². The molecule has 0 aliphatic carbocycles. The first-order valence-corrected chi connectivity index (χ1v) is 8.83. The van der Waals surface area contributed by atoms with Crippen LogP contribution in [-0.2, 0) is 17.8 Å². The zero-order chi connectivity index (χ0) is 16.8. The molecule has 2 aromatic carbocycles. The Kier molecular flexibility index (Phi) is 6.45. The van der Waals surface area contributed by atoms with Crippen LogP contribution < -0.4 is 9.47 Å². The monoisotopic (exact) mass is 424 g/mol. The number of hydrogen-bond acceptors (Lipinski definition) is 3. The van der Waals surface area contributed by atoms with E-state index in [0.717, 1.165) is 21.3 Å². The van der Waals surface area contributed by atoms with Crippen molar-refractivity contribution in [2.75, 3.05) is 0 Å². The van der Waals surface area contributed by atoms with Gasteiger partial charge in [0, 0.05) is 15.6 Å². The quantitative estimate of drug-likeness (QED) is 0.370. The van der Waals surface area contributed by atoms with Gasteiger partial charge in [0.15, 0.2) is 0 Å². The third kappa shape index (κ3) is 4.70. The molecule has 0 aromatic heterocycles. The number of carbonyl (C=O) groups is 1. The van der Waals surface area contributed by atoms with Crippen molar-refractivity contribution >= 4 is 28.6 Å². The number of aryl methyl sites for hydroxylation is 2. The number of benzene rings is 2. The Balaban J connectivity index is 2.16. The second-order valence-corrected chi connectivity index (χ2v) is 6.44. The second kappa shape index (κ2) is 8.34. The first kappa shape index (κ1) is 17.8. The minimum Gasteiger partial charge on any atom is -0.489 e. The predicted molar refractivity (Wildman–Crippen MR) is 100.0 cm³/mol. The number of esters is 1. The number of hydrogen-bond donors (Lipinski definition) is 0. The topological polar surface area (TPSA) is 35.5 Å². The van der Waals surface area contributed by atoms with E-state index >= 15 is 0 Å². The molecule has 0 bridgehead atoms. The Morgan fingerprint density at radius 1 is 1.17 bits per heavy atom. The van der Waals surface area contributed by atoms with E-state index in [4.69, 9.17) is 9.47 Å². The molecule has 0 N–H and O–H groups in total. The van der Waals surface area contributed by atoms with E-state index in [1.807, 2.05) is 24.3 Å². The van der Waals surface area contributed by atoms with Crippen molar-refractivity contribution in [2.45, 2.75) is 40.2 Å². The lowest BCUT2D eigenvalue weighted by Gasteiger charge is -2.14. The third-order valence-corrected chi connectivity index (χ3v) is 4.68. The number of carbonyl (C=O) groups excluding carboxylic acids is 1. The van der Waals surface area contributed by atoms with E-state index in [1.165, 1.54) is 11.1 Å². The SMILES string of the molecule is CCC(=O)Oc1cccc(I)c1COc1ccc(CC)c(C)c1. The van der Waals surface area contributed by atoms with Gasteiger partial charge in [-0.2, -0.15) is 0 Å². The molecule has 0 amide bonds. The lowest BCUT2D eigenvalue weighted by Crippen LogP contribution is -2.09. The summed E-state index contributed by atoms with van der Waals surface area (Å²) in [6.45, 7) is 6.39. The van der Waals surface area contributed by atoms with Crippen LogP contribution in [0.4, 0.5) is 0 Å². The summed E-state index contributed by atoms with van der Waals surface area (Å²) in [5.41, 5.74) is 3.45. The van der Waals surface area contributed by atoms with Gasteiger partial charge in [0.1, 0.15) is 18.1 Å². The zero-order valence-corrected chi connectivity index (χ0v) is 15.8. The molecular weight excluding hydrogens is 403 g/mol. The van der Waals surface area contributed by atoms with Gasteiger partial charge in [-0.15, -0.1) is 0 Å². The molecule has 2 rings (SSSR count). The lowest BCUT2D eigenvalue weighted by atomic mass is 10.1. The number of ether oxygens (including phenoxy) is 2. The standard InChI is InChI=1S/C19H21IO3/c1-4-14-9-10-15(11-13(14)3)22-12-16-17(20)7-6-8-18(16)23-19(21)5-2/h6-11H,4-5,12H2,1-3H3. The molecule has 0 atom stereocenters. The molecule has 0 radical (unpaired) electrons. The van der Waals surface area contributed by atoms with E-state index in [1.54, 1.807) is 13.0 Å². The summed E-state index contributed by atoms with van der Waals surface area (Å²) < 4.78 is 12.3. The van der Waals surface area contributed by atoms with Crippen LogP contribution in [0.3, 0.4) is 0 Å². The third-order valence-electron chi connectivity index (χ3n) is 3.67. The smallest absolute Gasteiger partial charge is 0.310 e. The van der Waals surface area contributed by atoms with E-state index in [9.17, 15) is 4.79 Å². The highest BCUT2D eigenvalue weighted by Gasteiger charge is 2.12. The van der Waals surface area contributed by atoms with Gasteiger partial charge in [0.25, 0.3) is 0 Å². The molecule has 122 valence electrons. The van der Waals surface area contributed by atoms with Crippen LogP contribution in [0, 0.1) is 10.5 Å². The highest BCUT2D eigenvalue weighted by molar-refractivity contribution is 14.1. The molecule has 0 saturated carbocycles. The van der Waals surface area contributed by atoms with E-state index in [2.05, 4.69) is 42.5 Å². The minimum absolute atomic E-state index is 0.239. The van der Waals surface area contributed by atoms with Crippen molar-refractivity contribution in [1.82, 2.24) is 0 Å². The van der Waals surface area contributed by atoms with Gasteiger partial charge >= 0.3 is 5.97 Å². The molecule has 0 fully saturated rings. The average Bonchev–Trinajstić information content (AvgIpc) is 2.54. The molecule has 0 aliphatic heterocycles. The molecule has 0 heterocycles.